The van der Waals surface area contributed by atoms with E-state index in [-0.39, 0.29) is 11.4 Å². The molecule has 94 valence electrons. The number of hydrogen-bond donors (Lipinski definition) is 1. The van der Waals surface area contributed by atoms with E-state index in [0.717, 1.165) is 12.1 Å². The van der Waals surface area contributed by atoms with Gasteiger partial charge in [-0.3, -0.25) is 0 Å². The van der Waals surface area contributed by atoms with Crippen molar-refractivity contribution in [3.63, 3.8) is 0 Å². The molecule has 3 nitrogen and oxygen atoms in total. The second kappa shape index (κ2) is 4.42. The fourth-order valence-corrected chi connectivity index (χ4v) is 1.50. The van der Waals surface area contributed by atoms with Crippen molar-refractivity contribution in [1.82, 2.24) is 9.97 Å². The van der Waals surface area contributed by atoms with Crippen LogP contribution in [0.15, 0.2) is 30.5 Å². The van der Waals surface area contributed by atoms with Crippen LogP contribution in [0.3, 0.4) is 0 Å². The first-order valence-corrected chi connectivity index (χ1v) is 5.39. The molecule has 0 fully saturated rings. The average Bonchev–Trinajstić information content (AvgIpc) is 2.28. The van der Waals surface area contributed by atoms with Gasteiger partial charge in [0.05, 0.1) is 5.69 Å². The maximum atomic E-state index is 13.6. The van der Waals surface area contributed by atoms with Gasteiger partial charge in [0.1, 0.15) is 17.2 Å². The molecule has 0 spiro atoms. The van der Waals surface area contributed by atoms with Crippen molar-refractivity contribution in [2.24, 2.45) is 0 Å². The van der Waals surface area contributed by atoms with Crippen molar-refractivity contribution >= 4 is 0 Å². The Morgan fingerprint density at radius 1 is 1.17 bits per heavy atom. The van der Waals surface area contributed by atoms with Crippen molar-refractivity contribution in [2.45, 2.75) is 19.4 Å². The minimum atomic E-state index is -1.22. The van der Waals surface area contributed by atoms with Crippen LogP contribution >= 0.6 is 0 Å². The number of halogens is 2. The zero-order valence-electron chi connectivity index (χ0n) is 9.98. The topological polar surface area (TPSA) is 46.0 Å². The minimum absolute atomic E-state index is 0.171. The Labute approximate surface area is 103 Å². The van der Waals surface area contributed by atoms with Crippen molar-refractivity contribution in [2.75, 3.05) is 0 Å². The molecule has 1 aromatic carbocycles. The lowest BCUT2D eigenvalue weighted by Crippen LogP contribution is -2.19. The van der Waals surface area contributed by atoms with Gasteiger partial charge in [-0.25, -0.2) is 18.7 Å². The van der Waals surface area contributed by atoms with Gasteiger partial charge in [0.2, 0.25) is 0 Å². The first kappa shape index (κ1) is 12.6. The molecule has 0 bridgehead atoms. The summed E-state index contributed by atoms with van der Waals surface area (Å²) < 4.78 is 26.4. The zero-order valence-corrected chi connectivity index (χ0v) is 9.98. The molecule has 0 amide bonds. The molecule has 1 N–H and O–H groups in total. The monoisotopic (exact) mass is 250 g/mol. The number of nitrogens with zero attached hydrogens (tertiary/aromatic N) is 2. The summed E-state index contributed by atoms with van der Waals surface area (Å²) in [5, 5.41) is 9.80. The number of aliphatic hydroxyl groups is 1. The van der Waals surface area contributed by atoms with Crippen LogP contribution < -0.4 is 0 Å². The molecule has 0 saturated heterocycles. The first-order valence-electron chi connectivity index (χ1n) is 5.39. The fourth-order valence-electron chi connectivity index (χ4n) is 1.50. The molecular formula is C13H12F2N2O. The lowest BCUT2D eigenvalue weighted by Gasteiger charge is -2.15. The van der Waals surface area contributed by atoms with Gasteiger partial charge in [0.15, 0.2) is 5.82 Å². The third kappa shape index (κ3) is 2.51. The molecule has 0 atom stereocenters. The molecule has 0 saturated carbocycles. The number of rotatable bonds is 2. The van der Waals surface area contributed by atoms with Gasteiger partial charge in [-0.2, -0.15) is 0 Å². The molecule has 0 unspecified atom stereocenters. The smallest absolute Gasteiger partial charge is 0.160 e. The van der Waals surface area contributed by atoms with E-state index in [2.05, 4.69) is 9.97 Å². The molecule has 18 heavy (non-hydrogen) atoms. The van der Waals surface area contributed by atoms with Crippen LogP contribution in [0.5, 0.6) is 0 Å². The maximum Gasteiger partial charge on any atom is 0.160 e. The third-order valence-corrected chi connectivity index (χ3v) is 2.41. The molecule has 5 heteroatoms. The normalized spacial score (nSPS) is 11.6. The maximum absolute atomic E-state index is 13.6. The Morgan fingerprint density at radius 3 is 2.50 bits per heavy atom. The average molecular weight is 250 g/mol. The van der Waals surface area contributed by atoms with E-state index in [1.165, 1.54) is 32.2 Å². The number of hydrogen-bond acceptors (Lipinski definition) is 3. The van der Waals surface area contributed by atoms with E-state index in [4.69, 9.17) is 0 Å². The summed E-state index contributed by atoms with van der Waals surface area (Å²) in [7, 11) is 0. The largest absolute Gasteiger partial charge is 0.382 e. The number of aromatic nitrogens is 2. The lowest BCUT2D eigenvalue weighted by molar-refractivity contribution is 0.0688. The van der Waals surface area contributed by atoms with E-state index in [9.17, 15) is 13.9 Å². The predicted octanol–water partition coefficient (Wildman–Crippen LogP) is 2.65. The van der Waals surface area contributed by atoms with Crippen LogP contribution in [-0.4, -0.2) is 15.1 Å². The highest BCUT2D eigenvalue weighted by Crippen LogP contribution is 2.23. The van der Waals surface area contributed by atoms with Crippen LogP contribution in [0.25, 0.3) is 11.3 Å². The molecule has 1 heterocycles. The summed E-state index contributed by atoms with van der Waals surface area (Å²) in [6, 6.07) is 4.76. The Kier molecular flexibility index (Phi) is 3.09. The van der Waals surface area contributed by atoms with Crippen LogP contribution in [0.1, 0.15) is 19.7 Å². The van der Waals surface area contributed by atoms with Gasteiger partial charge in [0, 0.05) is 17.8 Å². The molecule has 2 aromatic rings. The molecule has 0 aliphatic carbocycles. The van der Waals surface area contributed by atoms with Crippen LogP contribution in [0, 0.1) is 11.6 Å². The summed E-state index contributed by atoms with van der Waals surface area (Å²) in [5.41, 5.74) is -0.740. The van der Waals surface area contributed by atoms with Crippen molar-refractivity contribution < 1.29 is 13.9 Å². The second-order valence-electron chi connectivity index (χ2n) is 4.45. The molecule has 0 aliphatic rings. The van der Waals surface area contributed by atoms with Gasteiger partial charge in [-0.15, -0.1) is 0 Å². The standard InChI is InChI=1S/C13H12F2N2O/c1-13(2,18)12-16-6-5-11(17-12)9-4-3-8(14)7-10(9)15/h3-7,18H,1-2H3. The van der Waals surface area contributed by atoms with E-state index < -0.39 is 17.2 Å². The van der Waals surface area contributed by atoms with E-state index >= 15 is 0 Å². The SMILES string of the molecule is CC(C)(O)c1nccc(-c2ccc(F)cc2F)n1. The quantitative estimate of drug-likeness (QED) is 0.891. The van der Waals surface area contributed by atoms with E-state index in [0.29, 0.717) is 5.69 Å². The van der Waals surface area contributed by atoms with Gasteiger partial charge in [0.25, 0.3) is 0 Å². The molecule has 2 rings (SSSR count). The van der Waals surface area contributed by atoms with Gasteiger partial charge < -0.3 is 5.11 Å². The van der Waals surface area contributed by atoms with Crippen molar-refractivity contribution in [3.05, 3.63) is 47.9 Å². The molecule has 1 aromatic heterocycles. The minimum Gasteiger partial charge on any atom is -0.382 e. The summed E-state index contributed by atoms with van der Waals surface area (Å²) >= 11 is 0. The Morgan fingerprint density at radius 2 is 1.89 bits per heavy atom. The summed E-state index contributed by atoms with van der Waals surface area (Å²) in [6.07, 6.45) is 1.43. The van der Waals surface area contributed by atoms with Gasteiger partial charge in [-0.1, -0.05) is 0 Å². The molecule has 0 radical (unpaired) electrons. The van der Waals surface area contributed by atoms with E-state index in [1.807, 2.05) is 0 Å². The highest BCUT2D eigenvalue weighted by atomic mass is 19.1. The van der Waals surface area contributed by atoms with Crippen LogP contribution in [0.4, 0.5) is 8.78 Å². The molecule has 0 aliphatic heterocycles. The predicted molar refractivity (Wildman–Crippen MR) is 62.6 cm³/mol. The highest BCUT2D eigenvalue weighted by molar-refractivity contribution is 5.59. The van der Waals surface area contributed by atoms with Gasteiger partial charge >= 0.3 is 0 Å². The van der Waals surface area contributed by atoms with Crippen molar-refractivity contribution in [3.8, 4) is 11.3 Å². The highest BCUT2D eigenvalue weighted by Gasteiger charge is 2.20. The van der Waals surface area contributed by atoms with Crippen LogP contribution in [-0.2, 0) is 5.60 Å². The second-order valence-corrected chi connectivity index (χ2v) is 4.45. The lowest BCUT2D eigenvalue weighted by atomic mass is 10.1. The zero-order chi connectivity index (χ0) is 13.3. The Bertz CT molecular complexity index is 579. The Hall–Kier alpha value is -1.88. The first-order chi connectivity index (χ1) is 8.38. The summed E-state index contributed by atoms with van der Waals surface area (Å²) in [5.74, 6) is -1.16. The van der Waals surface area contributed by atoms with Gasteiger partial charge in [-0.05, 0) is 32.0 Å². The summed E-state index contributed by atoms with van der Waals surface area (Å²) in [4.78, 5) is 8.01. The Balaban J connectivity index is 2.51. The summed E-state index contributed by atoms with van der Waals surface area (Å²) in [6.45, 7) is 3.07. The fraction of sp³-hybridized carbons (Fsp3) is 0.231. The molecular weight excluding hydrogens is 238 g/mol. The van der Waals surface area contributed by atoms with E-state index in [1.54, 1.807) is 0 Å². The van der Waals surface area contributed by atoms with Crippen molar-refractivity contribution in [1.29, 1.82) is 0 Å². The van der Waals surface area contributed by atoms with Crippen LogP contribution in [0.2, 0.25) is 0 Å². The third-order valence-electron chi connectivity index (χ3n) is 2.41. The number of benzene rings is 1.